The summed E-state index contributed by atoms with van der Waals surface area (Å²) in [5.74, 6) is 1.98. The Hall–Kier alpha value is -1.34. The highest BCUT2D eigenvalue weighted by molar-refractivity contribution is 8.16. The first-order valence-corrected chi connectivity index (χ1v) is 9.69. The normalized spacial score (nSPS) is 15.1. The van der Waals surface area contributed by atoms with Gasteiger partial charge in [-0.05, 0) is 42.0 Å². The van der Waals surface area contributed by atoms with Crippen LogP contribution in [-0.2, 0) is 9.59 Å². The van der Waals surface area contributed by atoms with Gasteiger partial charge in [0, 0.05) is 13.0 Å². The third-order valence-electron chi connectivity index (χ3n) is 3.24. The van der Waals surface area contributed by atoms with E-state index >= 15 is 0 Å². The Morgan fingerprint density at radius 3 is 2.57 bits per heavy atom. The third kappa shape index (κ3) is 6.74. The number of ether oxygens (including phenoxy) is 1. The number of thioether (sulfide) groups is 2. The Bertz CT molecular complexity index is 515. The number of amides is 1. The topological polar surface area (TPSA) is 75.6 Å². The van der Waals surface area contributed by atoms with Crippen molar-refractivity contribution in [2.75, 3.05) is 24.7 Å². The number of hydrogen-bond donors (Lipinski definition) is 2. The Morgan fingerprint density at radius 2 is 1.91 bits per heavy atom. The smallest absolute Gasteiger partial charge is 0.303 e. The van der Waals surface area contributed by atoms with E-state index in [-0.39, 0.29) is 18.9 Å². The maximum absolute atomic E-state index is 11.6. The summed E-state index contributed by atoms with van der Waals surface area (Å²) in [6, 6.07) is 7.89. The number of carboxylic acids is 1. The second-order valence-electron chi connectivity index (χ2n) is 5.13. The molecule has 7 heteroatoms. The van der Waals surface area contributed by atoms with Crippen molar-refractivity contribution >= 4 is 35.4 Å². The summed E-state index contributed by atoms with van der Waals surface area (Å²) in [5.41, 5.74) is 1.28. The van der Waals surface area contributed by atoms with Crippen molar-refractivity contribution in [2.45, 2.75) is 23.8 Å². The predicted molar refractivity (Wildman–Crippen MR) is 94.1 cm³/mol. The first-order valence-electron chi connectivity index (χ1n) is 7.59. The fourth-order valence-corrected chi connectivity index (χ4v) is 4.96. The molecule has 1 heterocycles. The summed E-state index contributed by atoms with van der Waals surface area (Å²) in [7, 11) is 0. The molecule has 1 aliphatic rings. The van der Waals surface area contributed by atoms with Crippen LogP contribution in [0, 0.1) is 0 Å². The number of carbonyl (C=O) groups excluding carboxylic acids is 1. The summed E-state index contributed by atoms with van der Waals surface area (Å²) >= 11 is 3.94. The van der Waals surface area contributed by atoms with Gasteiger partial charge in [-0.2, -0.15) is 0 Å². The van der Waals surface area contributed by atoms with Crippen LogP contribution in [-0.4, -0.2) is 41.6 Å². The largest absolute Gasteiger partial charge is 0.484 e. The molecule has 2 N–H and O–H groups in total. The molecule has 1 saturated heterocycles. The number of nitrogens with one attached hydrogen (secondary N) is 1. The van der Waals surface area contributed by atoms with Gasteiger partial charge in [0.15, 0.2) is 6.61 Å². The highest BCUT2D eigenvalue weighted by atomic mass is 32.2. The molecule has 126 valence electrons. The Morgan fingerprint density at radius 1 is 1.22 bits per heavy atom. The van der Waals surface area contributed by atoms with E-state index in [1.165, 1.54) is 23.5 Å². The maximum atomic E-state index is 11.6. The molecule has 0 aliphatic carbocycles. The lowest BCUT2D eigenvalue weighted by Gasteiger charge is -2.21. The number of benzene rings is 1. The Balaban J connectivity index is 1.69. The molecule has 1 amide bonds. The van der Waals surface area contributed by atoms with E-state index in [0.717, 1.165) is 0 Å². The van der Waals surface area contributed by atoms with Gasteiger partial charge in [0.1, 0.15) is 5.75 Å². The Kier molecular flexibility index (Phi) is 7.61. The summed E-state index contributed by atoms with van der Waals surface area (Å²) in [6.07, 6.45) is 1.75. The van der Waals surface area contributed by atoms with Gasteiger partial charge in [-0.15, -0.1) is 23.5 Å². The van der Waals surface area contributed by atoms with Gasteiger partial charge in [0.25, 0.3) is 5.91 Å². The van der Waals surface area contributed by atoms with Gasteiger partial charge in [-0.25, -0.2) is 0 Å². The number of aliphatic carboxylic acids is 1. The van der Waals surface area contributed by atoms with Gasteiger partial charge in [0.05, 0.1) is 4.58 Å². The zero-order valence-electron chi connectivity index (χ0n) is 12.8. The van der Waals surface area contributed by atoms with Crippen molar-refractivity contribution in [3.63, 3.8) is 0 Å². The minimum absolute atomic E-state index is 0.0553. The van der Waals surface area contributed by atoms with Crippen molar-refractivity contribution in [3.8, 4) is 5.75 Å². The van der Waals surface area contributed by atoms with E-state index in [1.807, 2.05) is 35.7 Å². The minimum Gasteiger partial charge on any atom is -0.484 e. The molecule has 0 bridgehead atoms. The molecule has 0 unspecified atom stereocenters. The van der Waals surface area contributed by atoms with E-state index in [4.69, 9.17) is 9.84 Å². The molecule has 2 rings (SSSR count). The van der Waals surface area contributed by atoms with Gasteiger partial charge >= 0.3 is 5.97 Å². The SMILES string of the molecule is O=C(O)CCCNC(=O)COc1ccc(C2SCCCS2)cc1. The van der Waals surface area contributed by atoms with Crippen LogP contribution < -0.4 is 10.1 Å². The number of rotatable bonds is 8. The van der Waals surface area contributed by atoms with Crippen molar-refractivity contribution in [1.82, 2.24) is 5.32 Å². The summed E-state index contributed by atoms with van der Waals surface area (Å²) in [4.78, 5) is 21.9. The van der Waals surface area contributed by atoms with Crippen LogP contribution in [0.15, 0.2) is 24.3 Å². The second-order valence-corrected chi connectivity index (χ2v) is 7.86. The quantitative estimate of drug-likeness (QED) is 0.699. The van der Waals surface area contributed by atoms with Crippen molar-refractivity contribution < 1.29 is 19.4 Å². The zero-order chi connectivity index (χ0) is 16.5. The van der Waals surface area contributed by atoms with Crippen LogP contribution in [0.25, 0.3) is 0 Å². The fourth-order valence-electron chi connectivity index (χ4n) is 2.07. The summed E-state index contributed by atoms with van der Waals surface area (Å²) in [5, 5.41) is 11.1. The average molecular weight is 355 g/mol. The summed E-state index contributed by atoms with van der Waals surface area (Å²) in [6.45, 7) is 0.295. The molecule has 1 aromatic carbocycles. The first-order chi connectivity index (χ1) is 11.1. The van der Waals surface area contributed by atoms with E-state index in [0.29, 0.717) is 23.3 Å². The van der Waals surface area contributed by atoms with Crippen LogP contribution in [0.5, 0.6) is 5.75 Å². The molecule has 1 aliphatic heterocycles. The fraction of sp³-hybridized carbons (Fsp3) is 0.500. The lowest BCUT2D eigenvalue weighted by molar-refractivity contribution is -0.137. The molecular formula is C16H21NO4S2. The van der Waals surface area contributed by atoms with Gasteiger partial charge in [-0.3, -0.25) is 9.59 Å². The third-order valence-corrected chi connectivity index (χ3v) is 6.25. The second kappa shape index (κ2) is 9.72. The van der Waals surface area contributed by atoms with Crippen molar-refractivity contribution in [3.05, 3.63) is 29.8 Å². The van der Waals surface area contributed by atoms with Crippen LogP contribution >= 0.6 is 23.5 Å². The van der Waals surface area contributed by atoms with Crippen molar-refractivity contribution in [1.29, 1.82) is 0 Å². The minimum atomic E-state index is -0.857. The average Bonchev–Trinajstić information content (AvgIpc) is 2.58. The van der Waals surface area contributed by atoms with Gasteiger partial charge in [-0.1, -0.05) is 12.1 Å². The Labute approximate surface area is 144 Å². The standard InChI is InChI=1S/C16H21NO4S2/c18-14(17-8-1-3-15(19)20)11-21-13-6-4-12(5-7-13)16-22-9-2-10-23-16/h4-7,16H,1-3,8-11H2,(H,17,18)(H,19,20). The molecule has 1 aromatic rings. The molecule has 0 spiro atoms. The van der Waals surface area contributed by atoms with Crippen LogP contribution in [0.4, 0.5) is 0 Å². The lowest BCUT2D eigenvalue weighted by Crippen LogP contribution is -2.29. The monoisotopic (exact) mass is 355 g/mol. The summed E-state index contributed by atoms with van der Waals surface area (Å²) < 4.78 is 5.94. The maximum Gasteiger partial charge on any atom is 0.303 e. The van der Waals surface area contributed by atoms with Gasteiger partial charge < -0.3 is 15.2 Å². The van der Waals surface area contributed by atoms with Crippen LogP contribution in [0.2, 0.25) is 0 Å². The zero-order valence-corrected chi connectivity index (χ0v) is 14.5. The van der Waals surface area contributed by atoms with Crippen LogP contribution in [0.3, 0.4) is 0 Å². The van der Waals surface area contributed by atoms with E-state index < -0.39 is 5.97 Å². The first kappa shape index (κ1) is 18.0. The highest BCUT2D eigenvalue weighted by Gasteiger charge is 2.16. The lowest BCUT2D eigenvalue weighted by atomic mass is 10.2. The molecule has 0 atom stereocenters. The molecular weight excluding hydrogens is 334 g/mol. The predicted octanol–water partition coefficient (Wildman–Crippen LogP) is 2.92. The molecule has 23 heavy (non-hydrogen) atoms. The highest BCUT2D eigenvalue weighted by Crippen LogP contribution is 2.43. The van der Waals surface area contributed by atoms with E-state index in [2.05, 4.69) is 17.4 Å². The molecule has 0 saturated carbocycles. The van der Waals surface area contributed by atoms with Crippen LogP contribution in [0.1, 0.15) is 29.4 Å². The number of carboxylic acid groups (broad SMARTS) is 1. The molecule has 0 radical (unpaired) electrons. The van der Waals surface area contributed by atoms with Crippen molar-refractivity contribution in [2.24, 2.45) is 0 Å². The molecule has 1 fully saturated rings. The van der Waals surface area contributed by atoms with E-state index in [1.54, 1.807) is 0 Å². The van der Waals surface area contributed by atoms with E-state index in [9.17, 15) is 9.59 Å². The molecule has 0 aromatic heterocycles. The number of carbonyl (C=O) groups is 2. The molecule has 5 nitrogen and oxygen atoms in total. The van der Waals surface area contributed by atoms with Gasteiger partial charge in [0.2, 0.25) is 0 Å². The number of hydrogen-bond acceptors (Lipinski definition) is 5.